The number of hydrogen-bond acceptors (Lipinski definition) is 4. The quantitative estimate of drug-likeness (QED) is 0.796. The number of nitrogens with zero attached hydrogens (tertiary/aromatic N) is 3. The molecular formula is C10H13N5. The van der Waals surface area contributed by atoms with E-state index in [-0.39, 0.29) is 6.04 Å². The number of nitrogens with one attached hydrogen (secondary N) is 2. The van der Waals surface area contributed by atoms with Crippen LogP contribution in [0.1, 0.15) is 24.5 Å². The van der Waals surface area contributed by atoms with Crippen LogP contribution in [-0.4, -0.2) is 19.9 Å². The molecular weight excluding hydrogens is 190 g/mol. The largest absolute Gasteiger partial charge is 0.347 e. The number of aryl methyl sites for hydroxylation is 1. The molecule has 5 heteroatoms. The van der Waals surface area contributed by atoms with Crippen molar-refractivity contribution >= 4 is 5.95 Å². The Hall–Kier alpha value is -1.91. The Labute approximate surface area is 88.0 Å². The van der Waals surface area contributed by atoms with Crippen LogP contribution in [0.4, 0.5) is 5.95 Å². The van der Waals surface area contributed by atoms with Gasteiger partial charge in [0.05, 0.1) is 6.04 Å². The Bertz CT molecular complexity index is 423. The van der Waals surface area contributed by atoms with Crippen LogP contribution in [0.5, 0.6) is 0 Å². The summed E-state index contributed by atoms with van der Waals surface area (Å²) in [6, 6.07) is 1.93. The van der Waals surface area contributed by atoms with Crippen molar-refractivity contribution in [2.75, 3.05) is 5.32 Å². The first-order chi connectivity index (χ1) is 7.25. The van der Waals surface area contributed by atoms with Gasteiger partial charge in [-0.15, -0.1) is 0 Å². The number of aromatic amines is 1. The summed E-state index contributed by atoms with van der Waals surface area (Å²) in [6.45, 7) is 3.94. The van der Waals surface area contributed by atoms with Crippen LogP contribution in [0, 0.1) is 6.92 Å². The van der Waals surface area contributed by atoms with Gasteiger partial charge in [-0.25, -0.2) is 15.0 Å². The summed E-state index contributed by atoms with van der Waals surface area (Å²) in [5.74, 6) is 1.50. The molecule has 0 bridgehead atoms. The maximum Gasteiger partial charge on any atom is 0.223 e. The van der Waals surface area contributed by atoms with Crippen molar-refractivity contribution in [1.82, 2.24) is 19.9 Å². The molecule has 2 heterocycles. The highest BCUT2D eigenvalue weighted by Crippen LogP contribution is 2.11. The lowest BCUT2D eigenvalue weighted by atomic mass is 10.3. The summed E-state index contributed by atoms with van der Waals surface area (Å²) in [6.07, 6.45) is 5.26. The Kier molecular flexibility index (Phi) is 2.62. The number of hydrogen-bond donors (Lipinski definition) is 2. The molecule has 15 heavy (non-hydrogen) atoms. The first-order valence-corrected chi connectivity index (χ1v) is 4.81. The molecule has 2 N–H and O–H groups in total. The molecule has 0 amide bonds. The van der Waals surface area contributed by atoms with Gasteiger partial charge in [-0.05, 0) is 19.9 Å². The second-order valence-electron chi connectivity index (χ2n) is 3.36. The zero-order valence-corrected chi connectivity index (χ0v) is 8.73. The maximum absolute atomic E-state index is 4.26. The Morgan fingerprint density at radius 1 is 1.33 bits per heavy atom. The average Bonchev–Trinajstić information content (AvgIpc) is 2.70. The summed E-state index contributed by atoms with van der Waals surface area (Å²) >= 11 is 0. The minimum atomic E-state index is 0.0711. The van der Waals surface area contributed by atoms with E-state index in [1.807, 2.05) is 19.9 Å². The molecule has 0 radical (unpaired) electrons. The highest BCUT2D eigenvalue weighted by molar-refractivity contribution is 5.27. The lowest BCUT2D eigenvalue weighted by Gasteiger charge is -2.10. The van der Waals surface area contributed by atoms with E-state index in [1.165, 1.54) is 0 Å². The predicted molar refractivity (Wildman–Crippen MR) is 57.4 cm³/mol. The SMILES string of the molecule is Cc1ccnc(NC(C)c2ncc[nH]2)n1. The highest BCUT2D eigenvalue weighted by Gasteiger charge is 2.08. The summed E-state index contributed by atoms with van der Waals surface area (Å²) in [5, 5.41) is 3.17. The molecule has 0 saturated heterocycles. The van der Waals surface area contributed by atoms with E-state index in [0.29, 0.717) is 5.95 Å². The molecule has 0 aliphatic rings. The number of imidazole rings is 1. The highest BCUT2D eigenvalue weighted by atomic mass is 15.1. The average molecular weight is 203 g/mol. The molecule has 0 saturated carbocycles. The van der Waals surface area contributed by atoms with Crippen molar-refractivity contribution in [3.63, 3.8) is 0 Å². The standard InChI is InChI=1S/C10H13N5/c1-7-3-4-13-10(14-7)15-8(2)9-11-5-6-12-9/h3-6,8H,1-2H3,(H,11,12)(H,13,14,15). The second-order valence-corrected chi connectivity index (χ2v) is 3.36. The van der Waals surface area contributed by atoms with Crippen LogP contribution < -0.4 is 5.32 Å². The van der Waals surface area contributed by atoms with E-state index >= 15 is 0 Å². The minimum absolute atomic E-state index is 0.0711. The zero-order valence-electron chi connectivity index (χ0n) is 8.73. The molecule has 0 fully saturated rings. The topological polar surface area (TPSA) is 66.5 Å². The van der Waals surface area contributed by atoms with Crippen LogP contribution >= 0.6 is 0 Å². The molecule has 2 rings (SSSR count). The van der Waals surface area contributed by atoms with E-state index in [0.717, 1.165) is 11.5 Å². The monoisotopic (exact) mass is 203 g/mol. The van der Waals surface area contributed by atoms with Crippen molar-refractivity contribution in [3.05, 3.63) is 36.2 Å². The molecule has 0 aromatic carbocycles. The van der Waals surface area contributed by atoms with E-state index in [2.05, 4.69) is 25.3 Å². The van der Waals surface area contributed by atoms with E-state index < -0.39 is 0 Å². The second kappa shape index (κ2) is 4.08. The number of aromatic nitrogens is 4. The molecule has 2 aromatic heterocycles. The Morgan fingerprint density at radius 2 is 2.20 bits per heavy atom. The van der Waals surface area contributed by atoms with Crippen LogP contribution in [0.2, 0.25) is 0 Å². The first-order valence-electron chi connectivity index (χ1n) is 4.81. The van der Waals surface area contributed by atoms with Gasteiger partial charge in [-0.2, -0.15) is 0 Å². The third kappa shape index (κ3) is 2.31. The Morgan fingerprint density at radius 3 is 2.87 bits per heavy atom. The normalized spacial score (nSPS) is 12.4. The lowest BCUT2D eigenvalue weighted by Crippen LogP contribution is -2.11. The van der Waals surface area contributed by atoms with Crippen molar-refractivity contribution < 1.29 is 0 Å². The molecule has 1 atom stereocenters. The van der Waals surface area contributed by atoms with Gasteiger partial charge in [0, 0.05) is 24.3 Å². The van der Waals surface area contributed by atoms with Crippen molar-refractivity contribution in [1.29, 1.82) is 0 Å². The minimum Gasteiger partial charge on any atom is -0.347 e. The number of anilines is 1. The molecule has 0 aliphatic heterocycles. The van der Waals surface area contributed by atoms with Crippen molar-refractivity contribution in [2.24, 2.45) is 0 Å². The Balaban J connectivity index is 2.09. The molecule has 0 spiro atoms. The number of rotatable bonds is 3. The predicted octanol–water partition coefficient (Wildman–Crippen LogP) is 1.68. The van der Waals surface area contributed by atoms with Gasteiger partial charge in [-0.3, -0.25) is 0 Å². The summed E-state index contributed by atoms with van der Waals surface area (Å²) in [7, 11) is 0. The summed E-state index contributed by atoms with van der Waals surface area (Å²) < 4.78 is 0. The van der Waals surface area contributed by atoms with E-state index in [9.17, 15) is 0 Å². The van der Waals surface area contributed by atoms with Crippen molar-refractivity contribution in [2.45, 2.75) is 19.9 Å². The van der Waals surface area contributed by atoms with Gasteiger partial charge in [0.1, 0.15) is 5.82 Å². The van der Waals surface area contributed by atoms with E-state index in [1.54, 1.807) is 18.6 Å². The fraction of sp³-hybridized carbons (Fsp3) is 0.300. The maximum atomic E-state index is 4.26. The smallest absolute Gasteiger partial charge is 0.223 e. The van der Waals surface area contributed by atoms with Crippen molar-refractivity contribution in [3.8, 4) is 0 Å². The van der Waals surface area contributed by atoms with E-state index in [4.69, 9.17) is 0 Å². The van der Waals surface area contributed by atoms with Crippen LogP contribution in [0.25, 0.3) is 0 Å². The molecule has 1 unspecified atom stereocenters. The van der Waals surface area contributed by atoms with Gasteiger partial charge in [0.2, 0.25) is 5.95 Å². The molecule has 5 nitrogen and oxygen atoms in total. The van der Waals surface area contributed by atoms with Gasteiger partial charge in [0.15, 0.2) is 0 Å². The number of H-pyrrole nitrogens is 1. The van der Waals surface area contributed by atoms with Crippen LogP contribution in [-0.2, 0) is 0 Å². The zero-order chi connectivity index (χ0) is 10.7. The van der Waals surface area contributed by atoms with Crippen LogP contribution in [0.15, 0.2) is 24.7 Å². The lowest BCUT2D eigenvalue weighted by molar-refractivity contribution is 0.793. The van der Waals surface area contributed by atoms with Gasteiger partial charge in [-0.1, -0.05) is 0 Å². The molecule has 0 aliphatic carbocycles. The summed E-state index contributed by atoms with van der Waals surface area (Å²) in [4.78, 5) is 15.6. The molecule has 2 aromatic rings. The van der Waals surface area contributed by atoms with Gasteiger partial charge in [0.25, 0.3) is 0 Å². The summed E-state index contributed by atoms with van der Waals surface area (Å²) in [5.41, 5.74) is 0.944. The fourth-order valence-corrected chi connectivity index (χ4v) is 1.29. The molecule has 78 valence electrons. The first kappa shape index (κ1) is 9.64. The van der Waals surface area contributed by atoms with Gasteiger partial charge < -0.3 is 10.3 Å². The van der Waals surface area contributed by atoms with Gasteiger partial charge >= 0.3 is 0 Å². The fourth-order valence-electron chi connectivity index (χ4n) is 1.29. The van der Waals surface area contributed by atoms with Crippen LogP contribution in [0.3, 0.4) is 0 Å². The third-order valence-corrected chi connectivity index (χ3v) is 2.07. The third-order valence-electron chi connectivity index (χ3n) is 2.07.